The van der Waals surface area contributed by atoms with Crippen LogP contribution in [0, 0.1) is 0 Å². The highest BCUT2D eigenvalue weighted by molar-refractivity contribution is 6.36. The van der Waals surface area contributed by atoms with Crippen LogP contribution < -0.4 is 4.90 Å². The summed E-state index contributed by atoms with van der Waals surface area (Å²) in [5.41, 5.74) is 1.74. The largest absolute Gasteiger partial charge is 0.481 e. The van der Waals surface area contributed by atoms with Crippen LogP contribution in [0.5, 0.6) is 0 Å². The van der Waals surface area contributed by atoms with E-state index in [1.807, 2.05) is 11.9 Å². The number of carbonyl (C=O) groups is 1. The first-order chi connectivity index (χ1) is 8.00. The highest BCUT2D eigenvalue weighted by Crippen LogP contribution is 2.44. The van der Waals surface area contributed by atoms with E-state index in [-0.39, 0.29) is 12.3 Å². The summed E-state index contributed by atoms with van der Waals surface area (Å²) in [5.74, 6) is -0.855. The number of benzene rings is 1. The van der Waals surface area contributed by atoms with Crippen LogP contribution in [0.3, 0.4) is 0 Å². The second kappa shape index (κ2) is 4.75. The second-order valence-corrected chi connectivity index (χ2v) is 5.11. The van der Waals surface area contributed by atoms with Crippen LogP contribution in [0.25, 0.3) is 0 Å². The van der Waals surface area contributed by atoms with E-state index in [4.69, 9.17) is 28.3 Å². The van der Waals surface area contributed by atoms with Gasteiger partial charge in [0.2, 0.25) is 0 Å². The van der Waals surface area contributed by atoms with E-state index in [1.165, 1.54) is 0 Å². The molecule has 0 spiro atoms. The van der Waals surface area contributed by atoms with Crippen molar-refractivity contribution in [3.8, 4) is 0 Å². The number of hydrogen-bond donors (Lipinski definition) is 1. The number of rotatable bonds is 2. The Morgan fingerprint density at radius 2 is 2.12 bits per heavy atom. The van der Waals surface area contributed by atoms with Gasteiger partial charge in [0.15, 0.2) is 0 Å². The van der Waals surface area contributed by atoms with Crippen LogP contribution in [0.15, 0.2) is 12.1 Å². The highest BCUT2D eigenvalue weighted by Gasteiger charge is 2.29. The van der Waals surface area contributed by atoms with Crippen molar-refractivity contribution in [2.24, 2.45) is 0 Å². The summed E-state index contributed by atoms with van der Waals surface area (Å²) in [5, 5.41) is 10.2. The van der Waals surface area contributed by atoms with Gasteiger partial charge >= 0.3 is 5.97 Å². The maximum atomic E-state index is 10.9. The average Bonchev–Trinajstić information content (AvgIpc) is 2.25. The molecular weight excluding hydrogens is 261 g/mol. The molecule has 1 aromatic carbocycles. The molecular formula is C12H13Cl2NO2. The lowest BCUT2D eigenvalue weighted by molar-refractivity contribution is -0.137. The summed E-state index contributed by atoms with van der Waals surface area (Å²) in [7, 11) is 1.94. The van der Waals surface area contributed by atoms with E-state index in [0.29, 0.717) is 10.0 Å². The summed E-state index contributed by atoms with van der Waals surface area (Å²) < 4.78 is 0. The molecule has 1 unspecified atom stereocenters. The van der Waals surface area contributed by atoms with Crippen LogP contribution in [-0.4, -0.2) is 24.7 Å². The summed E-state index contributed by atoms with van der Waals surface area (Å²) in [6.07, 6.45) is 0.886. The lowest BCUT2D eigenvalue weighted by Crippen LogP contribution is -2.28. The first-order valence-corrected chi connectivity index (χ1v) is 6.17. The lowest BCUT2D eigenvalue weighted by Gasteiger charge is -2.34. The van der Waals surface area contributed by atoms with Crippen LogP contribution in [0.4, 0.5) is 5.69 Å². The van der Waals surface area contributed by atoms with Crippen molar-refractivity contribution in [3.63, 3.8) is 0 Å². The van der Waals surface area contributed by atoms with E-state index < -0.39 is 5.97 Å². The van der Waals surface area contributed by atoms with E-state index in [9.17, 15) is 4.79 Å². The van der Waals surface area contributed by atoms with Gasteiger partial charge in [-0.05, 0) is 30.0 Å². The van der Waals surface area contributed by atoms with Crippen LogP contribution >= 0.6 is 23.2 Å². The predicted octanol–water partition coefficient (Wildman–Crippen LogP) is 3.39. The molecule has 1 heterocycles. The van der Waals surface area contributed by atoms with E-state index in [0.717, 1.165) is 24.2 Å². The Labute approximate surface area is 110 Å². The molecule has 0 radical (unpaired) electrons. The number of halogens is 2. The van der Waals surface area contributed by atoms with Crippen molar-refractivity contribution in [2.75, 3.05) is 18.5 Å². The Kier molecular flexibility index (Phi) is 3.50. The van der Waals surface area contributed by atoms with Gasteiger partial charge in [-0.1, -0.05) is 23.2 Å². The Morgan fingerprint density at radius 1 is 1.47 bits per heavy atom. The summed E-state index contributed by atoms with van der Waals surface area (Å²) in [6, 6.07) is 3.49. The van der Waals surface area contributed by atoms with Crippen LogP contribution in [0.1, 0.15) is 24.3 Å². The first-order valence-electron chi connectivity index (χ1n) is 5.41. The molecule has 3 nitrogen and oxygen atoms in total. The monoisotopic (exact) mass is 273 g/mol. The van der Waals surface area contributed by atoms with Crippen molar-refractivity contribution in [2.45, 2.75) is 18.8 Å². The fourth-order valence-corrected chi connectivity index (χ4v) is 2.97. The zero-order chi connectivity index (χ0) is 12.6. The van der Waals surface area contributed by atoms with Crippen molar-refractivity contribution < 1.29 is 9.90 Å². The van der Waals surface area contributed by atoms with Gasteiger partial charge in [0.1, 0.15) is 0 Å². The van der Waals surface area contributed by atoms with Crippen LogP contribution in [-0.2, 0) is 4.79 Å². The third kappa shape index (κ3) is 2.35. The third-order valence-corrected chi connectivity index (χ3v) is 3.77. The summed E-state index contributed by atoms with van der Waals surface area (Å²) in [4.78, 5) is 12.9. The Morgan fingerprint density at radius 3 is 2.76 bits per heavy atom. The van der Waals surface area contributed by atoms with E-state index in [2.05, 4.69) is 0 Å². The molecule has 0 saturated carbocycles. The molecule has 1 aliphatic heterocycles. The summed E-state index contributed by atoms with van der Waals surface area (Å²) in [6.45, 7) is 0.797. The van der Waals surface area contributed by atoms with Gasteiger partial charge in [-0.25, -0.2) is 0 Å². The molecule has 2 rings (SSSR count). The number of carboxylic acid groups (broad SMARTS) is 1. The van der Waals surface area contributed by atoms with E-state index in [1.54, 1.807) is 12.1 Å². The second-order valence-electron chi connectivity index (χ2n) is 4.30. The van der Waals surface area contributed by atoms with Gasteiger partial charge in [0.05, 0.1) is 17.1 Å². The van der Waals surface area contributed by atoms with Crippen molar-refractivity contribution in [1.29, 1.82) is 0 Å². The van der Waals surface area contributed by atoms with Crippen molar-refractivity contribution in [1.82, 2.24) is 0 Å². The van der Waals surface area contributed by atoms with Crippen molar-refractivity contribution in [3.05, 3.63) is 27.7 Å². The maximum absolute atomic E-state index is 10.9. The van der Waals surface area contributed by atoms with Gasteiger partial charge in [-0.2, -0.15) is 0 Å². The SMILES string of the molecule is CN1CCC(CC(=O)O)c2c(Cl)ccc(Cl)c21. The predicted molar refractivity (Wildman–Crippen MR) is 69.3 cm³/mol. The molecule has 1 N–H and O–H groups in total. The molecule has 0 saturated heterocycles. The number of anilines is 1. The standard InChI is InChI=1S/C12H13Cl2NO2/c1-15-5-4-7(6-10(16)17)11-8(13)2-3-9(14)12(11)15/h2-3,7H,4-6H2,1H3,(H,16,17). The van der Waals surface area contributed by atoms with Gasteiger partial charge in [-0.3, -0.25) is 4.79 Å². The Balaban J connectivity index is 2.50. The number of nitrogens with zero attached hydrogens (tertiary/aromatic N) is 1. The van der Waals surface area contributed by atoms with Crippen LogP contribution in [0.2, 0.25) is 10.0 Å². The molecule has 92 valence electrons. The van der Waals surface area contributed by atoms with Gasteiger partial charge in [0, 0.05) is 18.6 Å². The topological polar surface area (TPSA) is 40.5 Å². The molecule has 0 fully saturated rings. The first kappa shape index (κ1) is 12.5. The maximum Gasteiger partial charge on any atom is 0.303 e. The quantitative estimate of drug-likeness (QED) is 0.898. The molecule has 1 atom stereocenters. The number of aliphatic carboxylic acids is 1. The Bertz CT molecular complexity index is 462. The molecule has 17 heavy (non-hydrogen) atoms. The van der Waals surface area contributed by atoms with E-state index >= 15 is 0 Å². The molecule has 5 heteroatoms. The van der Waals surface area contributed by atoms with Gasteiger partial charge in [0.25, 0.3) is 0 Å². The normalized spacial score (nSPS) is 19.0. The zero-order valence-corrected chi connectivity index (χ0v) is 10.9. The number of carboxylic acids is 1. The minimum absolute atomic E-state index is 0.0510. The molecule has 0 aliphatic carbocycles. The number of fused-ring (bicyclic) bond motifs is 1. The fraction of sp³-hybridized carbons (Fsp3) is 0.417. The number of hydrogen-bond acceptors (Lipinski definition) is 2. The minimum atomic E-state index is -0.804. The highest BCUT2D eigenvalue weighted by atomic mass is 35.5. The fourth-order valence-electron chi connectivity index (χ4n) is 2.35. The van der Waals surface area contributed by atoms with Gasteiger partial charge in [-0.15, -0.1) is 0 Å². The molecule has 0 bridgehead atoms. The lowest BCUT2D eigenvalue weighted by atomic mass is 9.87. The zero-order valence-electron chi connectivity index (χ0n) is 9.41. The minimum Gasteiger partial charge on any atom is -0.481 e. The third-order valence-electron chi connectivity index (χ3n) is 3.14. The smallest absolute Gasteiger partial charge is 0.303 e. The molecule has 0 aromatic heterocycles. The molecule has 1 aromatic rings. The Hall–Kier alpha value is -0.930. The molecule has 0 amide bonds. The average molecular weight is 274 g/mol. The summed E-state index contributed by atoms with van der Waals surface area (Å²) >= 11 is 12.3. The van der Waals surface area contributed by atoms with Crippen molar-refractivity contribution >= 4 is 34.9 Å². The van der Waals surface area contributed by atoms with Gasteiger partial charge < -0.3 is 10.0 Å². The molecule has 1 aliphatic rings.